The monoisotopic (exact) mass is 532 g/mol. The molecule has 3 aromatic rings. The van der Waals surface area contributed by atoms with Crippen molar-refractivity contribution in [2.45, 2.75) is 31.8 Å². The first-order valence-electron chi connectivity index (χ1n) is 13.0. The van der Waals surface area contributed by atoms with Crippen LogP contribution >= 0.6 is 0 Å². The molecule has 2 amide bonds. The molecule has 10 nitrogen and oxygen atoms in total. The molecule has 2 aromatic carbocycles. The van der Waals surface area contributed by atoms with Gasteiger partial charge < -0.3 is 19.5 Å². The van der Waals surface area contributed by atoms with Gasteiger partial charge in [0, 0.05) is 25.2 Å². The number of hydrogen-bond acceptors (Lipinski definition) is 7. The van der Waals surface area contributed by atoms with Crippen LogP contribution in [0.25, 0.3) is 0 Å². The van der Waals surface area contributed by atoms with Crippen molar-refractivity contribution in [2.75, 3.05) is 33.5 Å². The Kier molecular flexibility index (Phi) is 7.94. The van der Waals surface area contributed by atoms with Crippen molar-refractivity contribution in [3.8, 4) is 17.4 Å². The number of urea groups is 1. The van der Waals surface area contributed by atoms with E-state index in [0.29, 0.717) is 36.3 Å². The van der Waals surface area contributed by atoms with Gasteiger partial charge >= 0.3 is 12.0 Å². The van der Waals surface area contributed by atoms with Gasteiger partial charge in [-0.2, -0.15) is 0 Å². The average molecular weight is 533 g/mol. The van der Waals surface area contributed by atoms with Gasteiger partial charge in [-0.1, -0.05) is 30.3 Å². The Balaban J connectivity index is 1.14. The minimum Gasteiger partial charge on any atom is -0.478 e. The van der Waals surface area contributed by atoms with Crippen LogP contribution in [0, 0.1) is 6.92 Å². The number of carbonyl (C=O) groups excluding carboxylic acids is 1. The van der Waals surface area contributed by atoms with Crippen molar-refractivity contribution in [3.63, 3.8) is 0 Å². The van der Waals surface area contributed by atoms with Crippen molar-refractivity contribution in [2.24, 2.45) is 0 Å². The fourth-order valence-electron chi connectivity index (χ4n) is 5.10. The largest absolute Gasteiger partial charge is 0.478 e. The first-order chi connectivity index (χ1) is 18.9. The van der Waals surface area contributed by atoms with Gasteiger partial charge in [-0.25, -0.2) is 19.6 Å². The number of carboxylic acids is 1. The van der Waals surface area contributed by atoms with E-state index in [2.05, 4.69) is 22.0 Å². The third-order valence-electron chi connectivity index (χ3n) is 7.20. The fraction of sp³-hybridized carbons (Fsp3) is 0.345. The third-order valence-corrected chi connectivity index (χ3v) is 7.20. The molecule has 0 bridgehead atoms. The number of ether oxygens (including phenoxy) is 2. The fourth-order valence-corrected chi connectivity index (χ4v) is 5.10. The highest BCUT2D eigenvalue weighted by atomic mass is 16.7. The van der Waals surface area contributed by atoms with E-state index in [4.69, 9.17) is 19.4 Å². The van der Waals surface area contributed by atoms with E-state index in [1.54, 1.807) is 18.2 Å². The number of carboxylic acid groups (broad SMARTS) is 1. The maximum Gasteiger partial charge on any atom is 0.344 e. The number of amides is 2. The topological polar surface area (TPSA) is 105 Å². The number of hydroxylamine groups is 2. The number of carbonyl (C=O) groups is 2. The number of aromatic nitrogens is 1. The van der Waals surface area contributed by atoms with Crippen LogP contribution in [0.15, 0.2) is 66.7 Å². The van der Waals surface area contributed by atoms with Crippen LogP contribution in [-0.4, -0.2) is 76.5 Å². The van der Waals surface area contributed by atoms with E-state index in [1.165, 1.54) is 24.3 Å². The summed E-state index contributed by atoms with van der Waals surface area (Å²) in [4.78, 5) is 38.1. The van der Waals surface area contributed by atoms with Gasteiger partial charge in [0.1, 0.15) is 18.2 Å². The van der Waals surface area contributed by atoms with Gasteiger partial charge in [0.2, 0.25) is 5.88 Å². The number of piperidine rings is 1. The highest BCUT2D eigenvalue weighted by molar-refractivity contribution is 5.87. The Morgan fingerprint density at radius 1 is 1.03 bits per heavy atom. The van der Waals surface area contributed by atoms with Crippen LogP contribution in [0.2, 0.25) is 0 Å². The molecule has 2 fully saturated rings. The van der Waals surface area contributed by atoms with Crippen LogP contribution in [0.3, 0.4) is 0 Å². The van der Waals surface area contributed by atoms with Gasteiger partial charge in [-0.3, -0.25) is 9.74 Å². The molecule has 10 heteroatoms. The zero-order valence-electron chi connectivity index (χ0n) is 22.0. The molecule has 0 saturated carbocycles. The molecule has 0 aliphatic carbocycles. The number of likely N-dealkylation sites (tertiary alicyclic amines) is 1. The molecule has 5 rings (SSSR count). The minimum atomic E-state index is -0.986. The van der Waals surface area contributed by atoms with Gasteiger partial charge in [0.15, 0.2) is 0 Å². The number of benzene rings is 2. The lowest BCUT2D eigenvalue weighted by molar-refractivity contribution is -0.0747. The molecule has 1 aromatic heterocycles. The lowest BCUT2D eigenvalue weighted by Crippen LogP contribution is -2.47. The molecule has 0 radical (unpaired) electrons. The minimum absolute atomic E-state index is 0.0315. The lowest BCUT2D eigenvalue weighted by Gasteiger charge is -2.38. The third kappa shape index (κ3) is 5.97. The molecule has 2 aliphatic heterocycles. The summed E-state index contributed by atoms with van der Waals surface area (Å²) >= 11 is 0. The molecule has 0 unspecified atom stereocenters. The second kappa shape index (κ2) is 11.7. The maximum atomic E-state index is 13.1. The standard InChI is InChI=1S/C29H32N4O6/c1-20-26(12-13-27(30-20)39-24-10-8-22(9-11-24)28(34)35)38-19-31-16-14-23(15-17-31)33-25(18-32(37-2)29(33)36)21-6-4-3-5-7-21/h3-13,23,25H,14-19H2,1-2H3,(H,34,35)/t25-/m0/s1. The quantitative estimate of drug-likeness (QED) is 0.422. The molecule has 204 valence electrons. The summed E-state index contributed by atoms with van der Waals surface area (Å²) in [6.45, 7) is 4.41. The molecule has 1 N–H and O–H groups in total. The Labute approximate surface area is 227 Å². The van der Waals surface area contributed by atoms with Crippen molar-refractivity contribution >= 4 is 12.0 Å². The van der Waals surface area contributed by atoms with Crippen LogP contribution in [0.1, 0.15) is 40.5 Å². The summed E-state index contributed by atoms with van der Waals surface area (Å²) in [5.41, 5.74) is 2.00. The SMILES string of the molecule is CON1C[C@@H](c2ccccc2)N(C2CCN(COc3ccc(Oc4ccc(C(=O)O)cc4)nc3C)CC2)C1=O. The summed E-state index contributed by atoms with van der Waals surface area (Å²) < 4.78 is 11.8. The van der Waals surface area contributed by atoms with E-state index >= 15 is 0 Å². The summed E-state index contributed by atoms with van der Waals surface area (Å²) in [6.07, 6.45) is 1.70. The van der Waals surface area contributed by atoms with E-state index in [-0.39, 0.29) is 23.7 Å². The Morgan fingerprint density at radius 2 is 1.74 bits per heavy atom. The highest BCUT2D eigenvalue weighted by Gasteiger charge is 2.43. The number of aryl methyl sites for hydroxylation is 1. The van der Waals surface area contributed by atoms with E-state index in [1.807, 2.05) is 36.1 Å². The average Bonchev–Trinajstić information content (AvgIpc) is 3.29. The highest BCUT2D eigenvalue weighted by Crippen LogP contribution is 2.34. The maximum absolute atomic E-state index is 13.1. The van der Waals surface area contributed by atoms with Crippen molar-refractivity contribution in [3.05, 3.63) is 83.6 Å². The molecule has 3 heterocycles. The van der Waals surface area contributed by atoms with E-state index in [0.717, 1.165) is 31.5 Å². The zero-order valence-corrected chi connectivity index (χ0v) is 22.0. The second-order valence-corrected chi connectivity index (χ2v) is 9.65. The van der Waals surface area contributed by atoms with Crippen LogP contribution < -0.4 is 9.47 Å². The van der Waals surface area contributed by atoms with Gasteiger partial charge in [0.25, 0.3) is 0 Å². The molecule has 1 atom stereocenters. The predicted molar refractivity (Wildman–Crippen MR) is 143 cm³/mol. The number of hydrogen-bond donors (Lipinski definition) is 1. The number of nitrogens with zero attached hydrogens (tertiary/aromatic N) is 4. The molecular weight excluding hydrogens is 500 g/mol. The summed E-state index contributed by atoms with van der Waals surface area (Å²) in [5, 5.41) is 10.5. The number of aromatic carboxylic acids is 1. The van der Waals surface area contributed by atoms with Gasteiger partial charge in [-0.05, 0) is 55.7 Å². The second-order valence-electron chi connectivity index (χ2n) is 9.65. The lowest BCUT2D eigenvalue weighted by atomic mass is 9.99. The Hall–Kier alpha value is -4.15. The first kappa shape index (κ1) is 26.5. The summed E-state index contributed by atoms with van der Waals surface area (Å²) in [6, 6.07) is 19.8. The normalized spacial score (nSPS) is 18.4. The summed E-state index contributed by atoms with van der Waals surface area (Å²) in [7, 11) is 1.54. The Morgan fingerprint density at radius 3 is 2.38 bits per heavy atom. The van der Waals surface area contributed by atoms with Crippen LogP contribution in [0.5, 0.6) is 17.4 Å². The molecule has 2 aliphatic rings. The van der Waals surface area contributed by atoms with Gasteiger partial charge in [-0.15, -0.1) is 0 Å². The van der Waals surface area contributed by atoms with E-state index in [9.17, 15) is 9.59 Å². The van der Waals surface area contributed by atoms with Crippen LogP contribution in [-0.2, 0) is 4.84 Å². The molecular formula is C29H32N4O6. The zero-order chi connectivity index (χ0) is 27.4. The van der Waals surface area contributed by atoms with Crippen molar-refractivity contribution < 1.29 is 29.0 Å². The molecule has 2 saturated heterocycles. The van der Waals surface area contributed by atoms with Gasteiger partial charge in [0.05, 0.1) is 31.0 Å². The number of rotatable bonds is 9. The molecule has 0 spiro atoms. The summed E-state index contributed by atoms with van der Waals surface area (Å²) in [5.74, 6) is 0.584. The predicted octanol–water partition coefficient (Wildman–Crippen LogP) is 4.72. The smallest absolute Gasteiger partial charge is 0.344 e. The van der Waals surface area contributed by atoms with Crippen molar-refractivity contribution in [1.29, 1.82) is 0 Å². The molecule has 39 heavy (non-hydrogen) atoms. The van der Waals surface area contributed by atoms with Crippen LogP contribution in [0.4, 0.5) is 4.79 Å². The van der Waals surface area contributed by atoms with E-state index < -0.39 is 5.97 Å². The van der Waals surface area contributed by atoms with Crippen molar-refractivity contribution in [1.82, 2.24) is 19.8 Å². The Bertz CT molecular complexity index is 1290. The number of pyridine rings is 1. The first-order valence-corrected chi connectivity index (χ1v) is 13.0.